The number of aryl methyl sites for hydroxylation is 2. The van der Waals surface area contributed by atoms with E-state index in [-0.39, 0.29) is 11.9 Å². The Morgan fingerprint density at radius 1 is 1.23 bits per heavy atom. The molecule has 1 fully saturated rings. The van der Waals surface area contributed by atoms with Gasteiger partial charge in [-0.15, -0.1) is 0 Å². The van der Waals surface area contributed by atoms with Crippen LogP contribution in [-0.4, -0.2) is 32.5 Å². The number of hydrogen-bond acceptors (Lipinski definition) is 5. The number of nitrogens with zero attached hydrogens (tertiary/aromatic N) is 4. The van der Waals surface area contributed by atoms with Crippen molar-refractivity contribution in [2.24, 2.45) is 0 Å². The van der Waals surface area contributed by atoms with Crippen LogP contribution in [0.4, 0.5) is 0 Å². The molecule has 6 nitrogen and oxygen atoms in total. The molecule has 6 heteroatoms. The summed E-state index contributed by atoms with van der Waals surface area (Å²) in [5.41, 5.74) is 2.92. The quantitative estimate of drug-likeness (QED) is 0.850. The Kier molecular flexibility index (Phi) is 3.36. The zero-order valence-corrected chi connectivity index (χ0v) is 12.4. The van der Waals surface area contributed by atoms with Crippen molar-refractivity contribution in [1.29, 1.82) is 0 Å². The van der Waals surface area contributed by atoms with Crippen molar-refractivity contribution in [2.75, 3.05) is 6.54 Å². The Morgan fingerprint density at radius 3 is 3.00 bits per heavy atom. The van der Waals surface area contributed by atoms with Crippen LogP contribution in [0.3, 0.4) is 0 Å². The molecule has 1 aliphatic carbocycles. The van der Waals surface area contributed by atoms with E-state index in [2.05, 4.69) is 21.2 Å². The SMILES string of the molecule is O=C(c1ccc2c(n1)CCCC2)N1CCCC1c1ncon1. The fraction of sp³-hybridized carbons (Fsp3) is 0.500. The average molecular weight is 298 g/mol. The highest BCUT2D eigenvalue weighted by Gasteiger charge is 2.34. The van der Waals surface area contributed by atoms with E-state index >= 15 is 0 Å². The van der Waals surface area contributed by atoms with E-state index < -0.39 is 0 Å². The third-order valence-electron chi connectivity index (χ3n) is 4.59. The second-order valence-corrected chi connectivity index (χ2v) is 5.96. The number of pyridine rings is 1. The van der Waals surface area contributed by atoms with Crippen LogP contribution in [0.15, 0.2) is 23.0 Å². The number of hydrogen-bond donors (Lipinski definition) is 0. The molecule has 22 heavy (non-hydrogen) atoms. The molecule has 1 amide bonds. The maximum absolute atomic E-state index is 12.8. The van der Waals surface area contributed by atoms with Crippen LogP contribution in [0, 0.1) is 0 Å². The average Bonchev–Trinajstić information content (AvgIpc) is 3.24. The van der Waals surface area contributed by atoms with Crippen LogP contribution >= 0.6 is 0 Å². The molecule has 2 aromatic rings. The molecule has 0 spiro atoms. The first-order valence-electron chi connectivity index (χ1n) is 7.89. The summed E-state index contributed by atoms with van der Waals surface area (Å²) in [4.78, 5) is 23.4. The van der Waals surface area contributed by atoms with Crippen LogP contribution in [0.2, 0.25) is 0 Å². The lowest BCUT2D eigenvalue weighted by atomic mass is 9.96. The minimum atomic E-state index is -0.0934. The third-order valence-corrected chi connectivity index (χ3v) is 4.59. The van der Waals surface area contributed by atoms with Crippen molar-refractivity contribution in [3.05, 3.63) is 41.3 Å². The summed E-state index contributed by atoms with van der Waals surface area (Å²) in [5, 5.41) is 3.89. The van der Waals surface area contributed by atoms with Gasteiger partial charge < -0.3 is 9.42 Å². The van der Waals surface area contributed by atoms with Gasteiger partial charge in [0.2, 0.25) is 6.39 Å². The van der Waals surface area contributed by atoms with E-state index in [0.717, 1.165) is 44.3 Å². The van der Waals surface area contributed by atoms with E-state index in [1.165, 1.54) is 18.4 Å². The highest BCUT2D eigenvalue weighted by Crippen LogP contribution is 2.31. The van der Waals surface area contributed by atoms with Gasteiger partial charge in [-0.25, -0.2) is 4.98 Å². The number of carbonyl (C=O) groups is 1. The van der Waals surface area contributed by atoms with Gasteiger partial charge in [-0.05, 0) is 50.2 Å². The smallest absolute Gasteiger partial charge is 0.273 e. The fourth-order valence-electron chi connectivity index (χ4n) is 3.45. The van der Waals surface area contributed by atoms with E-state index in [1.54, 1.807) is 0 Å². The number of rotatable bonds is 2. The first kappa shape index (κ1) is 13.4. The Hall–Kier alpha value is -2.24. The lowest BCUT2D eigenvalue weighted by Gasteiger charge is -2.23. The van der Waals surface area contributed by atoms with Gasteiger partial charge >= 0.3 is 0 Å². The first-order valence-corrected chi connectivity index (χ1v) is 7.89. The molecular weight excluding hydrogens is 280 g/mol. The van der Waals surface area contributed by atoms with Gasteiger partial charge in [-0.1, -0.05) is 11.2 Å². The number of aromatic nitrogens is 3. The largest absolute Gasteiger partial charge is 0.343 e. The molecule has 1 saturated heterocycles. The van der Waals surface area contributed by atoms with Crippen LogP contribution in [-0.2, 0) is 12.8 Å². The molecule has 0 radical (unpaired) electrons. The molecule has 0 saturated carbocycles. The molecule has 0 N–H and O–H groups in total. The Morgan fingerprint density at radius 2 is 2.14 bits per heavy atom. The van der Waals surface area contributed by atoms with Crippen molar-refractivity contribution in [2.45, 2.75) is 44.6 Å². The molecule has 2 aliphatic rings. The van der Waals surface area contributed by atoms with Crippen molar-refractivity contribution in [1.82, 2.24) is 20.0 Å². The number of carbonyl (C=O) groups excluding carboxylic acids is 1. The normalized spacial score (nSPS) is 20.9. The summed E-state index contributed by atoms with van der Waals surface area (Å²) in [6.07, 6.45) is 7.57. The fourth-order valence-corrected chi connectivity index (χ4v) is 3.45. The first-order chi connectivity index (χ1) is 10.8. The molecule has 0 aromatic carbocycles. The van der Waals surface area contributed by atoms with E-state index in [9.17, 15) is 4.79 Å². The summed E-state index contributed by atoms with van der Waals surface area (Å²) in [6.45, 7) is 0.719. The molecular formula is C16H18N4O2. The zero-order chi connectivity index (χ0) is 14.9. The summed E-state index contributed by atoms with van der Waals surface area (Å²) in [7, 11) is 0. The maximum Gasteiger partial charge on any atom is 0.273 e. The summed E-state index contributed by atoms with van der Waals surface area (Å²) in [6, 6.07) is 3.83. The highest BCUT2D eigenvalue weighted by molar-refractivity contribution is 5.92. The van der Waals surface area contributed by atoms with E-state index in [0.29, 0.717) is 11.5 Å². The van der Waals surface area contributed by atoms with E-state index in [1.807, 2.05) is 11.0 Å². The lowest BCUT2D eigenvalue weighted by molar-refractivity contribution is 0.0722. The monoisotopic (exact) mass is 298 g/mol. The summed E-state index contributed by atoms with van der Waals surface area (Å²) >= 11 is 0. The number of likely N-dealkylation sites (tertiary alicyclic amines) is 1. The Balaban J connectivity index is 1.61. The van der Waals surface area contributed by atoms with Gasteiger partial charge in [0.05, 0.1) is 6.04 Å². The van der Waals surface area contributed by atoms with Crippen molar-refractivity contribution < 1.29 is 9.32 Å². The molecule has 0 bridgehead atoms. The van der Waals surface area contributed by atoms with Gasteiger partial charge in [0.1, 0.15) is 5.69 Å². The van der Waals surface area contributed by atoms with Crippen molar-refractivity contribution >= 4 is 5.91 Å². The molecule has 114 valence electrons. The van der Waals surface area contributed by atoms with Gasteiger partial charge in [0, 0.05) is 12.2 Å². The molecule has 1 atom stereocenters. The zero-order valence-electron chi connectivity index (χ0n) is 12.4. The lowest BCUT2D eigenvalue weighted by Crippen LogP contribution is -2.32. The van der Waals surface area contributed by atoms with Crippen molar-refractivity contribution in [3.63, 3.8) is 0 Å². The topological polar surface area (TPSA) is 72.1 Å². The van der Waals surface area contributed by atoms with Crippen LogP contribution in [0.25, 0.3) is 0 Å². The van der Waals surface area contributed by atoms with Crippen LogP contribution < -0.4 is 0 Å². The second kappa shape index (κ2) is 5.51. The van der Waals surface area contributed by atoms with Gasteiger partial charge in [-0.3, -0.25) is 4.79 Å². The minimum Gasteiger partial charge on any atom is -0.343 e. The maximum atomic E-state index is 12.8. The summed E-state index contributed by atoms with van der Waals surface area (Å²) < 4.78 is 4.82. The van der Waals surface area contributed by atoms with Gasteiger partial charge in [-0.2, -0.15) is 4.98 Å². The molecule has 1 aliphatic heterocycles. The van der Waals surface area contributed by atoms with E-state index in [4.69, 9.17) is 4.52 Å². The Labute approximate surface area is 128 Å². The van der Waals surface area contributed by atoms with Gasteiger partial charge in [0.15, 0.2) is 5.82 Å². The predicted octanol–water partition coefficient (Wildman–Crippen LogP) is 2.32. The third kappa shape index (κ3) is 2.28. The van der Waals surface area contributed by atoms with Gasteiger partial charge in [0.25, 0.3) is 5.91 Å². The molecule has 3 heterocycles. The molecule has 1 unspecified atom stereocenters. The van der Waals surface area contributed by atoms with Crippen LogP contribution in [0.1, 0.15) is 59.3 Å². The highest BCUT2D eigenvalue weighted by atomic mass is 16.5. The standard InChI is InChI=1S/C16H18N4O2/c21-16(13-8-7-11-4-1-2-5-12(11)18-13)20-9-3-6-14(20)15-17-10-22-19-15/h7-8,10,14H,1-6,9H2. The molecule has 2 aromatic heterocycles. The summed E-state index contributed by atoms with van der Waals surface area (Å²) in [5.74, 6) is 0.560. The minimum absolute atomic E-state index is 0.0272. The second-order valence-electron chi connectivity index (χ2n) is 5.96. The van der Waals surface area contributed by atoms with Crippen molar-refractivity contribution in [3.8, 4) is 0 Å². The Bertz CT molecular complexity index is 683. The van der Waals surface area contributed by atoms with Crippen LogP contribution in [0.5, 0.6) is 0 Å². The number of amides is 1. The predicted molar refractivity (Wildman–Crippen MR) is 78.2 cm³/mol. The molecule has 4 rings (SSSR count). The number of fused-ring (bicyclic) bond motifs is 1.